The van der Waals surface area contributed by atoms with Crippen LogP contribution in [0.5, 0.6) is 11.5 Å². The highest BCUT2D eigenvalue weighted by atomic mass is 32.2. The van der Waals surface area contributed by atoms with Crippen molar-refractivity contribution in [2.24, 2.45) is 22.7 Å². The Balaban J connectivity index is 1.17. The molecular formula is C36H34FNO7S. The van der Waals surface area contributed by atoms with Gasteiger partial charge in [-0.1, -0.05) is 55.1 Å². The number of ketones is 1. The van der Waals surface area contributed by atoms with E-state index in [-0.39, 0.29) is 53.2 Å². The molecule has 1 spiro atoms. The van der Waals surface area contributed by atoms with Crippen LogP contribution in [0.2, 0.25) is 0 Å². The number of benzene rings is 3. The number of carboxylic acids is 1. The molecule has 0 radical (unpaired) electrons. The smallest absolute Gasteiger partial charge is 0.339 e. The van der Waals surface area contributed by atoms with Gasteiger partial charge in [-0.15, -0.1) is 0 Å². The summed E-state index contributed by atoms with van der Waals surface area (Å²) >= 11 is 1.39. The lowest BCUT2D eigenvalue weighted by atomic mass is 9.51. The van der Waals surface area contributed by atoms with Crippen LogP contribution in [-0.2, 0) is 14.3 Å². The Morgan fingerprint density at radius 2 is 1.80 bits per heavy atom. The third-order valence-corrected chi connectivity index (χ3v) is 11.8. The first-order valence-electron chi connectivity index (χ1n) is 15.4. The number of hydrogen-bond donors (Lipinski definition) is 4. The first kappa shape index (κ1) is 30.5. The van der Waals surface area contributed by atoms with E-state index in [2.05, 4.69) is 18.3 Å². The van der Waals surface area contributed by atoms with E-state index >= 15 is 0 Å². The minimum absolute atomic E-state index is 0.0692. The molecule has 238 valence electrons. The van der Waals surface area contributed by atoms with Crippen LogP contribution in [0.1, 0.15) is 56.3 Å². The van der Waals surface area contributed by atoms with E-state index < -0.39 is 34.4 Å². The van der Waals surface area contributed by atoms with Gasteiger partial charge in [0.15, 0.2) is 11.5 Å². The number of amides is 1. The molecule has 0 unspecified atom stereocenters. The Morgan fingerprint density at radius 3 is 2.50 bits per heavy atom. The predicted molar refractivity (Wildman–Crippen MR) is 170 cm³/mol. The first-order chi connectivity index (χ1) is 21.8. The molecular weight excluding hydrogens is 609 g/mol. The van der Waals surface area contributed by atoms with Gasteiger partial charge in [0.05, 0.1) is 16.6 Å². The molecule has 3 aromatic carbocycles. The maximum Gasteiger partial charge on any atom is 0.339 e. The third-order valence-electron chi connectivity index (χ3n) is 10.7. The molecule has 5 aliphatic rings. The van der Waals surface area contributed by atoms with Gasteiger partial charge in [0, 0.05) is 28.2 Å². The van der Waals surface area contributed by atoms with Gasteiger partial charge in [-0.25, -0.2) is 9.18 Å². The highest BCUT2D eigenvalue weighted by Gasteiger charge is 2.72. The van der Waals surface area contributed by atoms with Crippen molar-refractivity contribution in [1.29, 1.82) is 0 Å². The number of carbonyl (C=O) groups is 3. The topological polar surface area (TPSA) is 133 Å². The van der Waals surface area contributed by atoms with Crippen molar-refractivity contribution < 1.29 is 38.8 Å². The fraction of sp³-hybridized carbons (Fsp3) is 0.361. The van der Waals surface area contributed by atoms with Crippen LogP contribution in [0.4, 0.5) is 10.1 Å². The fourth-order valence-corrected chi connectivity index (χ4v) is 9.96. The van der Waals surface area contributed by atoms with Gasteiger partial charge in [-0.3, -0.25) is 9.59 Å². The van der Waals surface area contributed by atoms with E-state index in [1.54, 1.807) is 18.2 Å². The Bertz CT molecular complexity index is 1830. The second kappa shape index (κ2) is 10.7. The van der Waals surface area contributed by atoms with Crippen LogP contribution < -0.4 is 5.32 Å². The molecule has 8 rings (SSSR count). The number of anilines is 1. The van der Waals surface area contributed by atoms with Crippen LogP contribution in [-0.4, -0.2) is 44.7 Å². The maximum atomic E-state index is 14.5. The summed E-state index contributed by atoms with van der Waals surface area (Å²) < 4.78 is 21.0. The highest BCUT2D eigenvalue weighted by molar-refractivity contribution is 8.04. The lowest BCUT2D eigenvalue weighted by Crippen LogP contribution is -2.57. The number of aromatic hydroxyl groups is 2. The second-order valence-corrected chi connectivity index (χ2v) is 14.7. The number of ether oxygens (including phenoxy) is 1. The number of carbonyl (C=O) groups excluding carboxylic acids is 2. The minimum Gasteiger partial charge on any atom is -0.506 e. The number of thioether (sulfide) groups is 1. The summed E-state index contributed by atoms with van der Waals surface area (Å²) in [6, 6.07) is 16.2. The number of phenols is 2. The number of allylic oxidation sites excluding steroid dienone is 2. The average Bonchev–Trinajstić information content (AvgIpc) is 3.38. The molecule has 4 N–H and O–H groups in total. The van der Waals surface area contributed by atoms with Crippen molar-refractivity contribution in [3.8, 4) is 22.6 Å². The maximum absolute atomic E-state index is 14.5. The molecule has 2 heterocycles. The van der Waals surface area contributed by atoms with Gasteiger partial charge < -0.3 is 25.4 Å². The van der Waals surface area contributed by atoms with Crippen LogP contribution >= 0.6 is 11.8 Å². The quantitative estimate of drug-likeness (QED) is 0.190. The van der Waals surface area contributed by atoms with Gasteiger partial charge in [-0.2, -0.15) is 0 Å². The summed E-state index contributed by atoms with van der Waals surface area (Å²) in [6.45, 7) is 4.08. The lowest BCUT2D eigenvalue weighted by molar-refractivity contribution is -0.169. The third kappa shape index (κ3) is 4.72. The van der Waals surface area contributed by atoms with Crippen molar-refractivity contribution in [2.75, 3.05) is 5.32 Å². The number of hydrogen-bond acceptors (Lipinski definition) is 7. The molecule has 3 aliphatic carbocycles. The largest absolute Gasteiger partial charge is 0.506 e. The number of Topliss-reactive ketones (excluding diaryl/α,β-unsaturated/α-hetero) is 1. The van der Waals surface area contributed by atoms with Crippen molar-refractivity contribution in [3.63, 3.8) is 0 Å². The van der Waals surface area contributed by atoms with Gasteiger partial charge in [-0.05, 0) is 79.8 Å². The number of carboxylic acid groups (broad SMARTS) is 1. The van der Waals surface area contributed by atoms with Crippen LogP contribution in [0.3, 0.4) is 0 Å². The van der Waals surface area contributed by atoms with E-state index in [1.165, 1.54) is 17.8 Å². The normalized spacial score (nSPS) is 30.6. The molecule has 8 nitrogen and oxygen atoms in total. The Labute approximate surface area is 269 Å². The predicted octanol–water partition coefficient (Wildman–Crippen LogP) is 7.16. The molecule has 1 amide bonds. The first-order valence-corrected chi connectivity index (χ1v) is 16.2. The average molecular weight is 644 g/mol. The molecule has 3 aromatic rings. The molecule has 4 fully saturated rings. The summed E-state index contributed by atoms with van der Waals surface area (Å²) in [7, 11) is 0. The summed E-state index contributed by atoms with van der Waals surface area (Å²) in [4.78, 5) is 40.6. The number of halogens is 1. The molecule has 4 bridgehead atoms. The van der Waals surface area contributed by atoms with Crippen molar-refractivity contribution in [1.82, 2.24) is 0 Å². The number of nitrogens with one attached hydrogen (secondary N) is 1. The summed E-state index contributed by atoms with van der Waals surface area (Å²) in [6.07, 6.45) is 4.70. The minimum atomic E-state index is -1.41. The number of aromatic carboxylic acids is 1. The van der Waals surface area contributed by atoms with Crippen LogP contribution in [0.15, 0.2) is 76.5 Å². The van der Waals surface area contributed by atoms with Gasteiger partial charge in [0.25, 0.3) is 0 Å². The monoisotopic (exact) mass is 643 g/mol. The van der Waals surface area contributed by atoms with Crippen LogP contribution in [0.25, 0.3) is 11.1 Å². The van der Waals surface area contributed by atoms with Gasteiger partial charge >= 0.3 is 5.97 Å². The zero-order valence-corrected chi connectivity index (χ0v) is 26.2. The molecule has 2 saturated carbocycles. The fourth-order valence-electron chi connectivity index (χ4n) is 8.82. The van der Waals surface area contributed by atoms with Crippen molar-refractivity contribution >= 4 is 35.1 Å². The molecule has 10 heteroatoms. The summed E-state index contributed by atoms with van der Waals surface area (Å²) in [5.41, 5.74) is -1.06. The van der Waals surface area contributed by atoms with Gasteiger partial charge in [0.2, 0.25) is 5.91 Å². The van der Waals surface area contributed by atoms with E-state index in [0.717, 1.165) is 41.9 Å². The van der Waals surface area contributed by atoms with Gasteiger partial charge in [0.1, 0.15) is 22.8 Å². The Morgan fingerprint density at radius 1 is 1.07 bits per heavy atom. The van der Waals surface area contributed by atoms with Crippen LogP contribution in [0, 0.1) is 28.5 Å². The molecule has 2 aliphatic heterocycles. The standard InChI is InChI=1S/C36H34FNO7S/c1-34(14-13-28(40)38-29-25(39)12-11-23(30(29)41)33(43)44)31-26-15-20-16-36(31,18-35(20,2)45-26)17-27(32(34)42)46-21-9-7-19(8-10-21)22-5-3-4-6-24(22)37/h3-12,17,20,26,31,39,41H,13-16,18H2,1-2H3,(H,38,40)(H,43,44)/t20-,26+,31+,34+,35+,36-/m1/s1. The van der Waals surface area contributed by atoms with E-state index in [0.29, 0.717) is 16.4 Å². The summed E-state index contributed by atoms with van der Waals surface area (Å²) in [5.74, 6) is -3.29. The second-order valence-electron chi connectivity index (χ2n) is 13.6. The zero-order chi connectivity index (χ0) is 32.6. The van der Waals surface area contributed by atoms with E-state index in [1.807, 2.05) is 31.2 Å². The molecule has 0 aromatic heterocycles. The highest BCUT2D eigenvalue weighted by Crippen LogP contribution is 2.72. The molecule has 46 heavy (non-hydrogen) atoms. The van der Waals surface area contributed by atoms with E-state index in [9.17, 15) is 34.1 Å². The van der Waals surface area contributed by atoms with E-state index in [4.69, 9.17) is 4.74 Å². The lowest BCUT2D eigenvalue weighted by Gasteiger charge is -2.56. The van der Waals surface area contributed by atoms with Crippen molar-refractivity contribution in [3.05, 3.63) is 83.0 Å². The number of phenolic OH excluding ortho intramolecular Hbond substituents is 1. The zero-order valence-electron chi connectivity index (χ0n) is 25.4. The summed E-state index contributed by atoms with van der Waals surface area (Å²) in [5, 5.41) is 32.5. The Hall–Kier alpha value is -4.15. The SMILES string of the molecule is C[C@]12C[C@@]34C=C(Sc5ccc(-c6ccccc6F)cc5)C(=O)[C@@](C)(CCC(=O)Nc5c(O)ccc(C(=O)O)c5O)[C@@H]3[C@H](C[C@@H]1C4)O2. The molecule has 2 saturated heterocycles. The molecule has 6 atom stereocenters. The van der Waals surface area contributed by atoms with Crippen molar-refractivity contribution in [2.45, 2.75) is 62.6 Å². The number of rotatable bonds is 8. The Kier molecular flexibility index (Phi) is 7.10.